The number of nitrogens with two attached hydrogens (primary N) is 1. The molecule has 0 aromatic heterocycles. The predicted molar refractivity (Wildman–Crippen MR) is 65.5 cm³/mol. The lowest BCUT2D eigenvalue weighted by Gasteiger charge is -2.12. The van der Waals surface area contributed by atoms with Crippen molar-refractivity contribution in [2.24, 2.45) is 5.41 Å². The minimum Gasteiger partial charge on any atom is -0.398 e. The van der Waals surface area contributed by atoms with Crippen molar-refractivity contribution in [1.29, 1.82) is 0 Å². The SMILES string of the molecule is CC1(CNC(=O)c2c(N)cccc2Cl)CC1. The highest BCUT2D eigenvalue weighted by Crippen LogP contribution is 2.44. The molecular weight excluding hydrogens is 224 g/mol. The maximum atomic E-state index is 11.9. The van der Waals surface area contributed by atoms with Crippen LogP contribution in [0.25, 0.3) is 0 Å². The molecule has 16 heavy (non-hydrogen) atoms. The number of carbonyl (C=O) groups is 1. The van der Waals surface area contributed by atoms with Gasteiger partial charge >= 0.3 is 0 Å². The molecule has 1 aliphatic carbocycles. The number of hydrogen-bond donors (Lipinski definition) is 2. The van der Waals surface area contributed by atoms with Crippen LogP contribution in [0, 0.1) is 5.41 Å². The van der Waals surface area contributed by atoms with E-state index in [4.69, 9.17) is 17.3 Å². The first-order valence-corrected chi connectivity index (χ1v) is 5.72. The minimum absolute atomic E-state index is 0.184. The van der Waals surface area contributed by atoms with Crippen LogP contribution in [0.3, 0.4) is 0 Å². The Balaban J connectivity index is 2.08. The highest BCUT2D eigenvalue weighted by atomic mass is 35.5. The normalized spacial score (nSPS) is 16.9. The van der Waals surface area contributed by atoms with Crippen LogP contribution in [-0.2, 0) is 0 Å². The van der Waals surface area contributed by atoms with Crippen LogP contribution in [0.5, 0.6) is 0 Å². The van der Waals surface area contributed by atoms with Crippen LogP contribution in [0.4, 0.5) is 5.69 Å². The number of rotatable bonds is 3. The van der Waals surface area contributed by atoms with E-state index in [1.54, 1.807) is 18.2 Å². The molecule has 1 saturated carbocycles. The van der Waals surface area contributed by atoms with Crippen LogP contribution < -0.4 is 11.1 Å². The molecule has 0 saturated heterocycles. The van der Waals surface area contributed by atoms with Gasteiger partial charge in [-0.3, -0.25) is 4.79 Å². The topological polar surface area (TPSA) is 55.1 Å². The Morgan fingerprint density at radius 3 is 2.81 bits per heavy atom. The number of carbonyl (C=O) groups excluding carboxylic acids is 1. The largest absolute Gasteiger partial charge is 0.398 e. The molecular formula is C12H15ClN2O. The summed E-state index contributed by atoms with van der Waals surface area (Å²) in [7, 11) is 0. The molecule has 0 heterocycles. The molecule has 0 aliphatic heterocycles. The molecule has 0 bridgehead atoms. The second-order valence-electron chi connectivity index (χ2n) is 4.70. The Labute approximate surface area is 100.0 Å². The van der Waals surface area contributed by atoms with Gasteiger partial charge < -0.3 is 11.1 Å². The number of anilines is 1. The van der Waals surface area contributed by atoms with Gasteiger partial charge in [-0.15, -0.1) is 0 Å². The van der Waals surface area contributed by atoms with E-state index < -0.39 is 0 Å². The third-order valence-corrected chi connectivity index (χ3v) is 3.37. The van der Waals surface area contributed by atoms with E-state index in [1.165, 1.54) is 12.8 Å². The van der Waals surface area contributed by atoms with Crippen molar-refractivity contribution in [3.05, 3.63) is 28.8 Å². The van der Waals surface area contributed by atoms with Crippen LogP contribution in [0.1, 0.15) is 30.1 Å². The minimum atomic E-state index is -0.184. The third-order valence-electron chi connectivity index (χ3n) is 3.05. The molecule has 0 unspecified atom stereocenters. The zero-order valence-corrected chi connectivity index (χ0v) is 9.97. The summed E-state index contributed by atoms with van der Waals surface area (Å²) in [5.41, 5.74) is 6.82. The zero-order valence-electron chi connectivity index (χ0n) is 9.22. The molecule has 0 radical (unpaired) electrons. The van der Waals surface area contributed by atoms with Crippen LogP contribution >= 0.6 is 11.6 Å². The number of amides is 1. The van der Waals surface area contributed by atoms with Crippen LogP contribution in [0.2, 0.25) is 5.02 Å². The van der Waals surface area contributed by atoms with E-state index in [1.807, 2.05) is 0 Å². The van der Waals surface area contributed by atoms with Crippen LogP contribution in [-0.4, -0.2) is 12.5 Å². The number of benzene rings is 1. The maximum Gasteiger partial charge on any atom is 0.254 e. The Kier molecular flexibility index (Phi) is 2.80. The van der Waals surface area contributed by atoms with Crippen molar-refractivity contribution < 1.29 is 4.79 Å². The van der Waals surface area contributed by atoms with Crippen LogP contribution in [0.15, 0.2) is 18.2 Å². The Hall–Kier alpha value is -1.22. The molecule has 1 fully saturated rings. The van der Waals surface area contributed by atoms with Crippen molar-refractivity contribution in [2.45, 2.75) is 19.8 Å². The van der Waals surface area contributed by atoms with Gasteiger partial charge in [0.2, 0.25) is 0 Å². The molecule has 3 nitrogen and oxygen atoms in total. The first-order chi connectivity index (χ1) is 7.52. The van der Waals surface area contributed by atoms with Gasteiger partial charge in [-0.2, -0.15) is 0 Å². The lowest BCUT2D eigenvalue weighted by molar-refractivity contribution is 0.0947. The van der Waals surface area contributed by atoms with E-state index in [0.717, 1.165) is 0 Å². The van der Waals surface area contributed by atoms with Gasteiger partial charge in [-0.25, -0.2) is 0 Å². The summed E-state index contributed by atoms with van der Waals surface area (Å²) < 4.78 is 0. The molecule has 0 spiro atoms. The van der Waals surface area contributed by atoms with Gasteiger partial charge in [0.25, 0.3) is 5.91 Å². The molecule has 1 aromatic rings. The fourth-order valence-electron chi connectivity index (χ4n) is 1.55. The molecule has 1 amide bonds. The molecule has 0 atom stereocenters. The lowest BCUT2D eigenvalue weighted by Crippen LogP contribution is -2.29. The second kappa shape index (κ2) is 3.98. The fraction of sp³-hybridized carbons (Fsp3) is 0.417. The number of nitrogens with one attached hydrogen (secondary N) is 1. The summed E-state index contributed by atoms with van der Waals surface area (Å²) in [6, 6.07) is 5.09. The highest BCUT2D eigenvalue weighted by Gasteiger charge is 2.37. The summed E-state index contributed by atoms with van der Waals surface area (Å²) in [6.45, 7) is 2.85. The number of hydrogen-bond acceptors (Lipinski definition) is 2. The maximum absolute atomic E-state index is 11.9. The second-order valence-corrected chi connectivity index (χ2v) is 5.10. The monoisotopic (exact) mass is 238 g/mol. The summed E-state index contributed by atoms with van der Waals surface area (Å²) in [5, 5.41) is 3.28. The quantitative estimate of drug-likeness (QED) is 0.795. The summed E-state index contributed by atoms with van der Waals surface area (Å²) in [6.07, 6.45) is 2.34. The average molecular weight is 239 g/mol. The van der Waals surface area contributed by atoms with Crippen molar-refractivity contribution in [2.75, 3.05) is 12.3 Å². The van der Waals surface area contributed by atoms with E-state index in [0.29, 0.717) is 22.8 Å². The van der Waals surface area contributed by atoms with Gasteiger partial charge in [-0.1, -0.05) is 24.6 Å². The molecule has 2 rings (SSSR count). The third kappa shape index (κ3) is 2.30. The molecule has 4 heteroatoms. The Bertz CT molecular complexity index is 407. The van der Waals surface area contributed by atoms with Crippen molar-refractivity contribution in [3.8, 4) is 0 Å². The first kappa shape index (κ1) is 11.3. The smallest absolute Gasteiger partial charge is 0.254 e. The zero-order chi connectivity index (χ0) is 11.8. The Morgan fingerprint density at radius 2 is 2.25 bits per heavy atom. The predicted octanol–water partition coefficient (Wildman–Crippen LogP) is 2.45. The van der Waals surface area contributed by atoms with Crippen molar-refractivity contribution >= 4 is 23.2 Å². The number of nitrogen functional groups attached to an aromatic ring is 1. The molecule has 3 N–H and O–H groups in total. The first-order valence-electron chi connectivity index (χ1n) is 5.34. The van der Waals surface area contributed by atoms with E-state index >= 15 is 0 Å². The highest BCUT2D eigenvalue weighted by molar-refractivity contribution is 6.34. The van der Waals surface area contributed by atoms with E-state index in [2.05, 4.69) is 12.2 Å². The van der Waals surface area contributed by atoms with Gasteiger partial charge in [0.05, 0.1) is 10.6 Å². The molecule has 1 aromatic carbocycles. The van der Waals surface area contributed by atoms with Gasteiger partial charge in [0.1, 0.15) is 0 Å². The van der Waals surface area contributed by atoms with Crippen molar-refractivity contribution in [1.82, 2.24) is 5.32 Å². The molecule has 1 aliphatic rings. The average Bonchev–Trinajstić information content (AvgIpc) is 2.94. The van der Waals surface area contributed by atoms with E-state index in [-0.39, 0.29) is 11.3 Å². The van der Waals surface area contributed by atoms with Crippen molar-refractivity contribution in [3.63, 3.8) is 0 Å². The summed E-state index contributed by atoms with van der Waals surface area (Å²) in [4.78, 5) is 11.9. The van der Waals surface area contributed by atoms with Gasteiger partial charge in [-0.05, 0) is 30.4 Å². The number of halogens is 1. The standard InChI is InChI=1S/C12H15ClN2O/c1-12(5-6-12)7-15-11(16)10-8(13)3-2-4-9(10)14/h2-4H,5-7,14H2,1H3,(H,15,16). The van der Waals surface area contributed by atoms with Gasteiger partial charge in [0, 0.05) is 12.2 Å². The Morgan fingerprint density at radius 1 is 1.56 bits per heavy atom. The van der Waals surface area contributed by atoms with Gasteiger partial charge in [0.15, 0.2) is 0 Å². The van der Waals surface area contributed by atoms with E-state index in [9.17, 15) is 4.79 Å². The summed E-state index contributed by atoms with van der Waals surface area (Å²) >= 11 is 5.95. The molecule has 86 valence electrons. The summed E-state index contributed by atoms with van der Waals surface area (Å²) in [5.74, 6) is -0.184. The lowest BCUT2D eigenvalue weighted by atomic mass is 10.1. The fourth-order valence-corrected chi connectivity index (χ4v) is 1.82.